The third kappa shape index (κ3) is 2.37. The normalized spacial score (nSPS) is 12.8. The Balaban J connectivity index is 2.16. The first-order chi connectivity index (χ1) is 10.3. The quantitative estimate of drug-likeness (QED) is 0.490. The molecule has 2 aromatic carbocycles. The number of carbonyl (C=O) groups is 2. The number of esters is 1. The molecule has 0 spiro atoms. The van der Waals surface area contributed by atoms with Gasteiger partial charge in [0.15, 0.2) is 0 Å². The molecule has 0 N–H and O–H groups in total. The fourth-order valence-electron chi connectivity index (χ4n) is 2.79. The number of fused-ring (bicyclic) bond motifs is 3. The number of benzene rings is 2. The van der Waals surface area contributed by atoms with Crippen LogP contribution < -0.4 is 3.58 Å². The fourth-order valence-corrected chi connectivity index (χ4v) is 6.10. The van der Waals surface area contributed by atoms with Crippen LogP contribution in [0.3, 0.4) is 0 Å². The van der Waals surface area contributed by atoms with Crippen molar-refractivity contribution >= 4 is 33.7 Å². The fraction of sp³-hybridized carbons (Fsp3) is 0.222. The first-order valence-electron chi connectivity index (χ1n) is 7.25. The van der Waals surface area contributed by atoms with Crippen LogP contribution in [0.4, 0.5) is 0 Å². The van der Waals surface area contributed by atoms with Gasteiger partial charge in [-0.25, -0.2) is 0 Å². The molecule has 0 atom stereocenters. The first-order valence-corrected chi connectivity index (χ1v) is 17.2. The molecule has 4 heteroatoms. The SMILES string of the molecule is COC(=O)c1ccc2c(c1)C(=O)c1cc[c]([Sn]([CH3])([CH3])[CH3])cc1-2. The molecule has 0 bridgehead atoms. The van der Waals surface area contributed by atoms with Crippen molar-refractivity contribution in [1.82, 2.24) is 0 Å². The molecule has 0 radical (unpaired) electrons. The molecule has 0 saturated heterocycles. The van der Waals surface area contributed by atoms with E-state index in [1.54, 1.807) is 12.1 Å². The number of hydrogen-bond acceptors (Lipinski definition) is 3. The monoisotopic (exact) mass is 402 g/mol. The van der Waals surface area contributed by atoms with Crippen LogP contribution >= 0.6 is 0 Å². The summed E-state index contributed by atoms with van der Waals surface area (Å²) >= 11 is -2.19. The Hall–Kier alpha value is -1.62. The molecular formula is C18H18O3Sn. The van der Waals surface area contributed by atoms with E-state index in [-0.39, 0.29) is 5.78 Å². The molecule has 3 rings (SSSR count). The van der Waals surface area contributed by atoms with E-state index in [1.807, 2.05) is 12.1 Å². The van der Waals surface area contributed by atoms with Gasteiger partial charge in [0.2, 0.25) is 0 Å². The molecule has 22 heavy (non-hydrogen) atoms. The van der Waals surface area contributed by atoms with Gasteiger partial charge < -0.3 is 0 Å². The molecule has 2 aromatic rings. The van der Waals surface area contributed by atoms with Gasteiger partial charge in [0.1, 0.15) is 0 Å². The summed E-state index contributed by atoms with van der Waals surface area (Å²) in [5.74, 6) is -0.426. The maximum atomic E-state index is 12.6. The van der Waals surface area contributed by atoms with Gasteiger partial charge in [-0.1, -0.05) is 0 Å². The molecule has 0 amide bonds. The third-order valence-electron chi connectivity index (χ3n) is 4.11. The van der Waals surface area contributed by atoms with Crippen LogP contribution in [0.2, 0.25) is 14.8 Å². The van der Waals surface area contributed by atoms with Crippen molar-refractivity contribution < 1.29 is 14.3 Å². The Labute approximate surface area is 134 Å². The summed E-state index contributed by atoms with van der Waals surface area (Å²) in [6.45, 7) is 0. The van der Waals surface area contributed by atoms with Gasteiger partial charge in [0, 0.05) is 0 Å². The zero-order valence-corrected chi connectivity index (χ0v) is 16.0. The molecular weight excluding hydrogens is 383 g/mol. The average Bonchev–Trinajstić information content (AvgIpc) is 2.78. The van der Waals surface area contributed by atoms with Crippen molar-refractivity contribution in [2.45, 2.75) is 14.8 Å². The number of carbonyl (C=O) groups excluding carboxylic acids is 2. The number of rotatable bonds is 2. The average molecular weight is 401 g/mol. The predicted molar refractivity (Wildman–Crippen MR) is 89.6 cm³/mol. The Morgan fingerprint density at radius 3 is 2.23 bits per heavy atom. The van der Waals surface area contributed by atoms with Crippen LogP contribution in [0, 0.1) is 0 Å². The minimum atomic E-state index is -2.19. The van der Waals surface area contributed by atoms with Crippen molar-refractivity contribution in [2.24, 2.45) is 0 Å². The summed E-state index contributed by atoms with van der Waals surface area (Å²) in [5, 5.41) is 0. The van der Waals surface area contributed by atoms with Gasteiger partial charge in [0.25, 0.3) is 0 Å². The molecule has 1 aliphatic rings. The van der Waals surface area contributed by atoms with E-state index in [9.17, 15) is 9.59 Å². The second kappa shape index (κ2) is 5.23. The Morgan fingerprint density at radius 2 is 1.59 bits per heavy atom. The van der Waals surface area contributed by atoms with E-state index in [0.29, 0.717) is 11.1 Å². The zero-order valence-electron chi connectivity index (χ0n) is 13.2. The molecule has 0 unspecified atom stereocenters. The number of ether oxygens (including phenoxy) is 1. The van der Waals surface area contributed by atoms with Crippen LogP contribution in [0.15, 0.2) is 36.4 Å². The van der Waals surface area contributed by atoms with Crippen LogP contribution in [-0.2, 0) is 4.74 Å². The number of ketones is 1. The van der Waals surface area contributed by atoms with Crippen LogP contribution in [-0.4, -0.2) is 37.2 Å². The number of methoxy groups -OCH3 is 1. The van der Waals surface area contributed by atoms with Crippen molar-refractivity contribution in [1.29, 1.82) is 0 Å². The van der Waals surface area contributed by atoms with Crippen LogP contribution in [0.1, 0.15) is 26.3 Å². The summed E-state index contributed by atoms with van der Waals surface area (Å²) in [6.07, 6.45) is 0. The summed E-state index contributed by atoms with van der Waals surface area (Å²) in [4.78, 5) is 31.3. The molecule has 0 fully saturated rings. The molecule has 0 saturated carbocycles. The van der Waals surface area contributed by atoms with Gasteiger partial charge >= 0.3 is 134 Å². The van der Waals surface area contributed by atoms with Crippen molar-refractivity contribution in [3.05, 3.63) is 53.1 Å². The topological polar surface area (TPSA) is 43.4 Å². The number of hydrogen-bond donors (Lipinski definition) is 0. The Bertz CT molecular complexity index is 800. The second-order valence-electron chi connectivity index (χ2n) is 6.59. The van der Waals surface area contributed by atoms with Crippen molar-refractivity contribution in [2.75, 3.05) is 7.11 Å². The second-order valence-corrected chi connectivity index (χ2v) is 21.1. The predicted octanol–water partition coefficient (Wildman–Crippen LogP) is 3.23. The van der Waals surface area contributed by atoms with E-state index >= 15 is 0 Å². The molecule has 3 nitrogen and oxygen atoms in total. The van der Waals surface area contributed by atoms with E-state index in [0.717, 1.165) is 16.7 Å². The Kier molecular flexibility index (Phi) is 3.63. The molecule has 112 valence electrons. The standard InChI is InChI=1S/C15H9O3.3CH3.Sn/c1-18-15(17)9-6-7-11-10-4-2-3-5-12(10)14(16)13(11)8-9;;;;/h3-8H,1H3;3*1H3;. The zero-order chi connectivity index (χ0) is 16.1. The third-order valence-corrected chi connectivity index (χ3v) is 9.94. The molecule has 0 aliphatic heterocycles. The summed E-state index contributed by atoms with van der Waals surface area (Å²) < 4.78 is 6.12. The Morgan fingerprint density at radius 1 is 0.909 bits per heavy atom. The molecule has 1 aliphatic carbocycles. The van der Waals surface area contributed by atoms with Gasteiger partial charge in [-0.05, 0) is 0 Å². The summed E-state index contributed by atoms with van der Waals surface area (Å²) in [6, 6.07) is 11.4. The van der Waals surface area contributed by atoms with Crippen LogP contribution in [0.5, 0.6) is 0 Å². The van der Waals surface area contributed by atoms with E-state index < -0.39 is 24.3 Å². The maximum absolute atomic E-state index is 12.6. The van der Waals surface area contributed by atoms with Crippen molar-refractivity contribution in [3.8, 4) is 11.1 Å². The van der Waals surface area contributed by atoms with Crippen molar-refractivity contribution in [3.63, 3.8) is 0 Å². The minimum absolute atomic E-state index is 0.00795. The summed E-state index contributed by atoms with van der Waals surface area (Å²) in [7, 11) is 1.34. The molecule has 0 heterocycles. The van der Waals surface area contributed by atoms with E-state index in [1.165, 1.54) is 10.7 Å². The van der Waals surface area contributed by atoms with E-state index in [2.05, 4.69) is 27.0 Å². The van der Waals surface area contributed by atoms with Gasteiger partial charge in [-0.3, -0.25) is 0 Å². The van der Waals surface area contributed by atoms with Gasteiger partial charge in [-0.2, -0.15) is 0 Å². The summed E-state index contributed by atoms with van der Waals surface area (Å²) in [5.41, 5.74) is 3.67. The van der Waals surface area contributed by atoms with E-state index in [4.69, 9.17) is 4.74 Å². The van der Waals surface area contributed by atoms with Gasteiger partial charge in [0.05, 0.1) is 0 Å². The molecule has 0 aromatic heterocycles. The first kappa shape index (κ1) is 15.3. The van der Waals surface area contributed by atoms with Gasteiger partial charge in [-0.15, -0.1) is 0 Å². The van der Waals surface area contributed by atoms with Crippen LogP contribution in [0.25, 0.3) is 11.1 Å².